The van der Waals surface area contributed by atoms with Crippen LogP contribution in [-0.2, 0) is 13.2 Å². The number of hydrogen-bond donors (Lipinski definition) is 1. The van der Waals surface area contributed by atoms with Crippen molar-refractivity contribution < 1.29 is 13.9 Å². The monoisotopic (exact) mass is 287 g/mol. The molecule has 0 aliphatic heterocycles. The highest BCUT2D eigenvalue weighted by atomic mass is 16.5. The van der Waals surface area contributed by atoms with Gasteiger partial charge in [-0.1, -0.05) is 0 Å². The van der Waals surface area contributed by atoms with E-state index in [1.165, 1.54) is 18.4 Å². The van der Waals surface area contributed by atoms with Gasteiger partial charge in [0.1, 0.15) is 29.6 Å². The summed E-state index contributed by atoms with van der Waals surface area (Å²) in [6.07, 6.45) is 2.59. The summed E-state index contributed by atoms with van der Waals surface area (Å²) >= 11 is 0. The van der Waals surface area contributed by atoms with E-state index in [0.717, 1.165) is 29.6 Å². The number of furan rings is 1. The Balaban J connectivity index is 1.55. The first kappa shape index (κ1) is 14.0. The lowest BCUT2D eigenvalue weighted by Gasteiger charge is -2.05. The second kappa shape index (κ2) is 6.22. The molecule has 0 spiro atoms. The zero-order valence-corrected chi connectivity index (χ0v) is 12.5. The quantitative estimate of drug-likeness (QED) is 0.847. The van der Waals surface area contributed by atoms with Crippen molar-refractivity contribution in [2.24, 2.45) is 0 Å². The zero-order valence-electron chi connectivity index (χ0n) is 12.5. The van der Waals surface area contributed by atoms with Crippen LogP contribution in [0, 0.1) is 6.92 Å². The molecule has 1 saturated carbocycles. The number of rotatable bonds is 7. The maximum absolute atomic E-state index is 5.74. The lowest BCUT2D eigenvalue weighted by atomic mass is 10.2. The summed E-state index contributed by atoms with van der Waals surface area (Å²) < 4.78 is 16.6. The standard InChI is InChI=1S/C17H21NO3/c1-12-13(10-18-14-3-4-14)9-17(21-12)11-20-16-7-5-15(19-2)6-8-16/h5-9,14,18H,3-4,10-11H2,1-2H3. The van der Waals surface area contributed by atoms with E-state index in [-0.39, 0.29) is 0 Å². The van der Waals surface area contributed by atoms with Gasteiger partial charge >= 0.3 is 0 Å². The molecule has 1 heterocycles. The molecule has 1 aliphatic rings. The molecule has 21 heavy (non-hydrogen) atoms. The minimum absolute atomic E-state index is 0.441. The molecule has 4 nitrogen and oxygen atoms in total. The Labute approximate surface area is 125 Å². The van der Waals surface area contributed by atoms with Crippen LogP contribution >= 0.6 is 0 Å². The molecule has 1 fully saturated rings. The van der Waals surface area contributed by atoms with E-state index in [0.29, 0.717) is 12.6 Å². The molecule has 2 aromatic rings. The number of benzene rings is 1. The highest BCUT2D eigenvalue weighted by molar-refractivity contribution is 5.31. The van der Waals surface area contributed by atoms with Crippen molar-refractivity contribution in [1.82, 2.24) is 5.32 Å². The van der Waals surface area contributed by atoms with Crippen LogP contribution in [0.2, 0.25) is 0 Å². The normalized spacial score (nSPS) is 14.2. The molecular weight excluding hydrogens is 266 g/mol. The van der Waals surface area contributed by atoms with Crippen LogP contribution in [-0.4, -0.2) is 13.2 Å². The third-order valence-corrected chi connectivity index (χ3v) is 3.67. The third kappa shape index (κ3) is 3.79. The summed E-state index contributed by atoms with van der Waals surface area (Å²) in [6, 6.07) is 10.3. The van der Waals surface area contributed by atoms with E-state index < -0.39 is 0 Å². The van der Waals surface area contributed by atoms with Gasteiger partial charge in [-0.05, 0) is 50.1 Å². The SMILES string of the molecule is COc1ccc(OCc2cc(CNC3CC3)c(C)o2)cc1. The van der Waals surface area contributed by atoms with Crippen LogP contribution in [0.1, 0.15) is 29.9 Å². The van der Waals surface area contributed by atoms with Crippen LogP contribution < -0.4 is 14.8 Å². The first-order chi connectivity index (χ1) is 10.2. The average molecular weight is 287 g/mol. The van der Waals surface area contributed by atoms with Gasteiger partial charge in [0.05, 0.1) is 7.11 Å². The molecule has 1 aromatic carbocycles. The number of aryl methyl sites for hydroxylation is 1. The Morgan fingerprint density at radius 2 is 1.90 bits per heavy atom. The molecule has 4 heteroatoms. The fourth-order valence-corrected chi connectivity index (χ4v) is 2.20. The molecule has 1 aliphatic carbocycles. The summed E-state index contributed by atoms with van der Waals surface area (Å²) in [5.41, 5.74) is 1.22. The Bertz CT molecular complexity index is 585. The highest BCUT2D eigenvalue weighted by Gasteiger charge is 2.20. The summed E-state index contributed by atoms with van der Waals surface area (Å²) in [5, 5.41) is 3.50. The number of nitrogens with one attached hydrogen (secondary N) is 1. The highest BCUT2D eigenvalue weighted by Crippen LogP contribution is 2.22. The van der Waals surface area contributed by atoms with Gasteiger partial charge in [0.25, 0.3) is 0 Å². The van der Waals surface area contributed by atoms with Crippen LogP contribution in [0.25, 0.3) is 0 Å². The van der Waals surface area contributed by atoms with E-state index in [1.807, 2.05) is 31.2 Å². The van der Waals surface area contributed by atoms with E-state index in [4.69, 9.17) is 13.9 Å². The molecule has 1 N–H and O–H groups in total. The number of methoxy groups -OCH3 is 1. The second-order valence-corrected chi connectivity index (χ2v) is 5.41. The first-order valence-electron chi connectivity index (χ1n) is 7.33. The molecule has 3 rings (SSSR count). The van der Waals surface area contributed by atoms with Gasteiger partial charge in [0.15, 0.2) is 0 Å². The molecule has 0 saturated heterocycles. The van der Waals surface area contributed by atoms with Gasteiger partial charge in [-0.2, -0.15) is 0 Å². The fraction of sp³-hybridized carbons (Fsp3) is 0.412. The topological polar surface area (TPSA) is 43.6 Å². The summed E-state index contributed by atoms with van der Waals surface area (Å²) in [6.45, 7) is 3.32. The molecule has 0 radical (unpaired) electrons. The Hall–Kier alpha value is -1.94. The van der Waals surface area contributed by atoms with Crippen molar-refractivity contribution in [3.05, 3.63) is 47.4 Å². The maximum Gasteiger partial charge on any atom is 0.146 e. The average Bonchev–Trinajstić information content (AvgIpc) is 3.27. The van der Waals surface area contributed by atoms with Gasteiger partial charge in [-0.25, -0.2) is 0 Å². The van der Waals surface area contributed by atoms with Crippen molar-refractivity contribution in [2.45, 2.75) is 39.0 Å². The summed E-state index contributed by atoms with van der Waals surface area (Å²) in [5.74, 6) is 3.46. The number of ether oxygens (including phenoxy) is 2. The van der Waals surface area contributed by atoms with Crippen molar-refractivity contribution in [2.75, 3.05) is 7.11 Å². The van der Waals surface area contributed by atoms with Crippen molar-refractivity contribution in [3.8, 4) is 11.5 Å². The van der Waals surface area contributed by atoms with Gasteiger partial charge in [0, 0.05) is 18.2 Å². The van der Waals surface area contributed by atoms with Gasteiger partial charge in [-0.15, -0.1) is 0 Å². The van der Waals surface area contributed by atoms with Crippen LogP contribution in [0.3, 0.4) is 0 Å². The van der Waals surface area contributed by atoms with Gasteiger partial charge < -0.3 is 19.2 Å². The first-order valence-corrected chi connectivity index (χ1v) is 7.33. The molecule has 0 amide bonds. The predicted molar refractivity (Wildman–Crippen MR) is 80.6 cm³/mol. The maximum atomic E-state index is 5.74. The van der Waals surface area contributed by atoms with E-state index >= 15 is 0 Å². The molecule has 0 atom stereocenters. The smallest absolute Gasteiger partial charge is 0.146 e. The largest absolute Gasteiger partial charge is 0.497 e. The van der Waals surface area contributed by atoms with E-state index in [1.54, 1.807) is 7.11 Å². The van der Waals surface area contributed by atoms with E-state index in [9.17, 15) is 0 Å². The van der Waals surface area contributed by atoms with Crippen LogP contribution in [0.4, 0.5) is 0 Å². The number of hydrogen-bond acceptors (Lipinski definition) is 4. The Kier molecular flexibility index (Phi) is 4.15. The predicted octanol–water partition coefficient (Wildman–Crippen LogP) is 3.43. The van der Waals surface area contributed by atoms with Crippen LogP contribution in [0.5, 0.6) is 11.5 Å². The Morgan fingerprint density at radius 1 is 1.19 bits per heavy atom. The fourth-order valence-electron chi connectivity index (χ4n) is 2.20. The second-order valence-electron chi connectivity index (χ2n) is 5.41. The lowest BCUT2D eigenvalue weighted by Crippen LogP contribution is -2.15. The van der Waals surface area contributed by atoms with Crippen LogP contribution in [0.15, 0.2) is 34.7 Å². The summed E-state index contributed by atoms with van der Waals surface area (Å²) in [7, 11) is 1.65. The third-order valence-electron chi connectivity index (χ3n) is 3.67. The molecule has 1 aromatic heterocycles. The van der Waals surface area contributed by atoms with Gasteiger partial charge in [0.2, 0.25) is 0 Å². The molecule has 0 bridgehead atoms. The van der Waals surface area contributed by atoms with Crippen molar-refractivity contribution >= 4 is 0 Å². The van der Waals surface area contributed by atoms with Gasteiger partial charge in [-0.3, -0.25) is 0 Å². The Morgan fingerprint density at radius 3 is 2.57 bits per heavy atom. The molecular formula is C17H21NO3. The zero-order chi connectivity index (χ0) is 14.7. The van der Waals surface area contributed by atoms with Crippen molar-refractivity contribution in [3.63, 3.8) is 0 Å². The lowest BCUT2D eigenvalue weighted by molar-refractivity contribution is 0.267. The molecule has 112 valence electrons. The van der Waals surface area contributed by atoms with E-state index in [2.05, 4.69) is 11.4 Å². The summed E-state index contributed by atoms with van der Waals surface area (Å²) in [4.78, 5) is 0. The van der Waals surface area contributed by atoms with Crippen molar-refractivity contribution in [1.29, 1.82) is 0 Å². The minimum atomic E-state index is 0.441. The molecule has 0 unspecified atom stereocenters. The minimum Gasteiger partial charge on any atom is -0.497 e.